The molecular formula is C11H10O3. The fourth-order valence-electron chi connectivity index (χ4n) is 1.31. The van der Waals surface area contributed by atoms with Crippen molar-refractivity contribution in [2.24, 2.45) is 0 Å². The third-order valence-electron chi connectivity index (χ3n) is 2.09. The van der Waals surface area contributed by atoms with Crippen LogP contribution in [0.2, 0.25) is 0 Å². The van der Waals surface area contributed by atoms with E-state index in [-0.39, 0.29) is 5.78 Å². The molecule has 0 fully saturated rings. The lowest BCUT2D eigenvalue weighted by molar-refractivity contribution is 0.103. The van der Waals surface area contributed by atoms with E-state index in [4.69, 9.17) is 8.83 Å². The highest BCUT2D eigenvalue weighted by Gasteiger charge is 2.15. The first-order valence-electron chi connectivity index (χ1n) is 4.31. The molecule has 0 aliphatic rings. The number of rotatable bonds is 2. The van der Waals surface area contributed by atoms with Crippen molar-refractivity contribution in [2.75, 3.05) is 0 Å². The highest BCUT2D eigenvalue weighted by atomic mass is 16.3. The predicted octanol–water partition coefficient (Wildman–Crippen LogP) is 2.72. The summed E-state index contributed by atoms with van der Waals surface area (Å²) in [4.78, 5) is 11.8. The van der Waals surface area contributed by atoms with Crippen LogP contribution in [0.1, 0.15) is 27.2 Å². The summed E-state index contributed by atoms with van der Waals surface area (Å²) in [6, 6.07) is 1.72. The first-order valence-corrected chi connectivity index (χ1v) is 4.31. The van der Waals surface area contributed by atoms with Gasteiger partial charge in [-0.15, -0.1) is 0 Å². The molecule has 0 aromatic carbocycles. The Kier molecular flexibility index (Phi) is 2.00. The molecule has 72 valence electrons. The first-order chi connectivity index (χ1) is 6.68. The van der Waals surface area contributed by atoms with Gasteiger partial charge in [0.25, 0.3) is 0 Å². The predicted molar refractivity (Wildman–Crippen MR) is 50.3 cm³/mol. The summed E-state index contributed by atoms with van der Waals surface area (Å²) in [6.07, 6.45) is 4.48. The van der Waals surface area contributed by atoms with Crippen molar-refractivity contribution < 1.29 is 13.6 Å². The Hall–Kier alpha value is -1.77. The van der Waals surface area contributed by atoms with Gasteiger partial charge in [-0.2, -0.15) is 0 Å². The zero-order valence-electron chi connectivity index (χ0n) is 8.03. The Morgan fingerprint density at radius 2 is 2.00 bits per heavy atom. The van der Waals surface area contributed by atoms with Gasteiger partial charge >= 0.3 is 0 Å². The smallest absolute Gasteiger partial charge is 0.199 e. The molecule has 0 amide bonds. The molecule has 0 radical (unpaired) electrons. The third kappa shape index (κ3) is 1.37. The SMILES string of the molecule is Cc1cc(C(=O)c2cocc2C)co1. The zero-order chi connectivity index (χ0) is 10.1. The van der Waals surface area contributed by atoms with Crippen molar-refractivity contribution in [3.05, 3.63) is 47.3 Å². The van der Waals surface area contributed by atoms with Gasteiger partial charge in [-0.3, -0.25) is 4.79 Å². The number of furan rings is 2. The molecule has 0 saturated heterocycles. The van der Waals surface area contributed by atoms with Crippen molar-refractivity contribution >= 4 is 5.78 Å². The van der Waals surface area contributed by atoms with Gasteiger partial charge in [-0.25, -0.2) is 0 Å². The number of carbonyl (C=O) groups is 1. The van der Waals surface area contributed by atoms with Crippen LogP contribution in [0.5, 0.6) is 0 Å². The van der Waals surface area contributed by atoms with Crippen molar-refractivity contribution in [2.45, 2.75) is 13.8 Å². The molecule has 0 N–H and O–H groups in total. The second kappa shape index (κ2) is 3.18. The number of ketones is 1. The molecule has 3 heteroatoms. The van der Waals surface area contributed by atoms with E-state index in [1.807, 2.05) is 6.92 Å². The molecule has 2 rings (SSSR count). The standard InChI is InChI=1S/C11H10O3/c1-7-4-13-6-10(7)11(12)9-3-8(2)14-5-9/h3-6H,1-2H3. The minimum atomic E-state index is -0.0619. The third-order valence-corrected chi connectivity index (χ3v) is 2.09. The van der Waals surface area contributed by atoms with Gasteiger partial charge in [0.15, 0.2) is 5.78 Å². The summed E-state index contributed by atoms with van der Waals surface area (Å²) in [5, 5.41) is 0. The van der Waals surface area contributed by atoms with Gasteiger partial charge in [0.05, 0.1) is 17.4 Å². The van der Waals surface area contributed by atoms with E-state index in [2.05, 4.69) is 0 Å². The van der Waals surface area contributed by atoms with Gasteiger partial charge in [-0.1, -0.05) is 0 Å². The van der Waals surface area contributed by atoms with E-state index in [0.717, 1.165) is 11.3 Å². The van der Waals surface area contributed by atoms with Crippen molar-refractivity contribution in [1.29, 1.82) is 0 Å². The average molecular weight is 190 g/mol. The molecular weight excluding hydrogens is 180 g/mol. The van der Waals surface area contributed by atoms with Crippen LogP contribution in [-0.4, -0.2) is 5.78 Å². The van der Waals surface area contributed by atoms with Crippen LogP contribution in [-0.2, 0) is 0 Å². The highest BCUT2D eigenvalue weighted by molar-refractivity contribution is 6.09. The Bertz CT molecular complexity index is 462. The molecule has 0 atom stereocenters. The van der Waals surface area contributed by atoms with E-state index in [1.165, 1.54) is 12.5 Å². The van der Waals surface area contributed by atoms with Crippen LogP contribution in [0.4, 0.5) is 0 Å². The molecule has 0 spiro atoms. The molecule has 0 unspecified atom stereocenters. The molecule has 2 aromatic heterocycles. The molecule has 2 heterocycles. The molecule has 14 heavy (non-hydrogen) atoms. The van der Waals surface area contributed by atoms with Crippen molar-refractivity contribution in [1.82, 2.24) is 0 Å². The Labute approximate surface area is 81.3 Å². The summed E-state index contributed by atoms with van der Waals surface area (Å²) in [5.41, 5.74) is 1.99. The molecule has 0 bridgehead atoms. The van der Waals surface area contributed by atoms with E-state index >= 15 is 0 Å². The number of hydrogen-bond acceptors (Lipinski definition) is 3. The minimum Gasteiger partial charge on any atom is -0.472 e. The lowest BCUT2D eigenvalue weighted by Crippen LogP contribution is -1.99. The second-order valence-corrected chi connectivity index (χ2v) is 3.24. The minimum absolute atomic E-state index is 0.0619. The van der Waals surface area contributed by atoms with E-state index < -0.39 is 0 Å². The number of aryl methyl sites for hydroxylation is 2. The lowest BCUT2D eigenvalue weighted by atomic mass is 10.1. The van der Waals surface area contributed by atoms with Crippen LogP contribution in [0.15, 0.2) is 33.7 Å². The van der Waals surface area contributed by atoms with Gasteiger partial charge in [0.1, 0.15) is 18.3 Å². The van der Waals surface area contributed by atoms with Gasteiger partial charge in [-0.05, 0) is 25.5 Å². The van der Waals surface area contributed by atoms with E-state index in [1.54, 1.807) is 19.3 Å². The van der Waals surface area contributed by atoms with E-state index in [9.17, 15) is 4.79 Å². The van der Waals surface area contributed by atoms with Gasteiger partial charge in [0, 0.05) is 0 Å². The van der Waals surface area contributed by atoms with Crippen LogP contribution in [0, 0.1) is 13.8 Å². The molecule has 2 aromatic rings. The topological polar surface area (TPSA) is 43.4 Å². The van der Waals surface area contributed by atoms with Gasteiger partial charge in [0.2, 0.25) is 0 Å². The summed E-state index contributed by atoms with van der Waals surface area (Å²) < 4.78 is 10.0. The summed E-state index contributed by atoms with van der Waals surface area (Å²) in [5.74, 6) is 0.669. The average Bonchev–Trinajstić information content (AvgIpc) is 2.73. The van der Waals surface area contributed by atoms with Gasteiger partial charge < -0.3 is 8.83 Å². The largest absolute Gasteiger partial charge is 0.472 e. The molecule has 3 nitrogen and oxygen atoms in total. The maximum absolute atomic E-state index is 11.8. The lowest BCUT2D eigenvalue weighted by Gasteiger charge is -1.92. The van der Waals surface area contributed by atoms with Crippen molar-refractivity contribution in [3.8, 4) is 0 Å². The monoisotopic (exact) mass is 190 g/mol. The fraction of sp³-hybridized carbons (Fsp3) is 0.182. The van der Waals surface area contributed by atoms with Crippen LogP contribution in [0.25, 0.3) is 0 Å². The first kappa shape index (κ1) is 8.81. The zero-order valence-corrected chi connectivity index (χ0v) is 8.03. The molecule has 0 aliphatic carbocycles. The Morgan fingerprint density at radius 3 is 2.50 bits per heavy atom. The van der Waals surface area contributed by atoms with Crippen LogP contribution in [0.3, 0.4) is 0 Å². The quantitative estimate of drug-likeness (QED) is 0.684. The fourth-order valence-corrected chi connectivity index (χ4v) is 1.31. The Morgan fingerprint density at radius 1 is 1.21 bits per heavy atom. The second-order valence-electron chi connectivity index (χ2n) is 3.24. The van der Waals surface area contributed by atoms with E-state index in [0.29, 0.717) is 11.1 Å². The number of carbonyl (C=O) groups excluding carboxylic acids is 1. The highest BCUT2D eigenvalue weighted by Crippen LogP contribution is 2.16. The maximum atomic E-state index is 11.8. The molecule has 0 aliphatic heterocycles. The Balaban J connectivity index is 2.38. The normalized spacial score (nSPS) is 10.4. The summed E-state index contributed by atoms with van der Waals surface area (Å²) in [6.45, 7) is 3.64. The maximum Gasteiger partial charge on any atom is 0.199 e. The summed E-state index contributed by atoms with van der Waals surface area (Å²) in [7, 11) is 0. The summed E-state index contributed by atoms with van der Waals surface area (Å²) >= 11 is 0. The van der Waals surface area contributed by atoms with Crippen molar-refractivity contribution in [3.63, 3.8) is 0 Å². The molecule has 0 saturated carbocycles. The van der Waals surface area contributed by atoms with Crippen LogP contribution < -0.4 is 0 Å². The van der Waals surface area contributed by atoms with Crippen LogP contribution >= 0.6 is 0 Å². The number of hydrogen-bond donors (Lipinski definition) is 0.